The second kappa shape index (κ2) is 7.30. The van der Waals surface area contributed by atoms with E-state index in [1.165, 1.54) is 12.1 Å². The van der Waals surface area contributed by atoms with E-state index < -0.39 is 17.9 Å². The highest BCUT2D eigenvalue weighted by molar-refractivity contribution is 6.31. The maximum atomic E-state index is 11.4. The minimum absolute atomic E-state index is 0.166. The number of carboxylic acid groups (broad SMARTS) is 1. The molecule has 0 atom stereocenters. The van der Waals surface area contributed by atoms with Crippen LogP contribution in [0.25, 0.3) is 0 Å². The van der Waals surface area contributed by atoms with Gasteiger partial charge >= 0.3 is 17.9 Å². The first kappa shape index (κ1) is 15.7. The molecule has 1 aromatic carbocycles. The molecule has 1 rings (SSSR count). The third-order valence-corrected chi connectivity index (χ3v) is 2.26. The summed E-state index contributed by atoms with van der Waals surface area (Å²) in [5.41, 5.74) is -0.254. The van der Waals surface area contributed by atoms with Crippen molar-refractivity contribution in [3.63, 3.8) is 0 Å². The van der Waals surface area contributed by atoms with Gasteiger partial charge in [0.1, 0.15) is 11.3 Å². The summed E-state index contributed by atoms with van der Waals surface area (Å²) in [5.74, 6) is -3.05. The van der Waals surface area contributed by atoms with Gasteiger partial charge in [-0.3, -0.25) is 0 Å². The van der Waals surface area contributed by atoms with E-state index in [2.05, 4.69) is 4.74 Å². The molecule has 0 aliphatic heterocycles. The predicted molar refractivity (Wildman–Crippen MR) is 69.8 cm³/mol. The second-order valence-corrected chi connectivity index (χ2v) is 3.89. The average molecular weight is 299 g/mol. The largest absolute Gasteiger partial charge is 0.478 e. The van der Waals surface area contributed by atoms with E-state index in [9.17, 15) is 14.4 Å². The monoisotopic (exact) mass is 298 g/mol. The number of benzene rings is 1. The molecule has 1 N–H and O–H groups in total. The first-order valence-electron chi connectivity index (χ1n) is 5.53. The van der Waals surface area contributed by atoms with Crippen LogP contribution < -0.4 is 4.74 Å². The third-order valence-electron chi connectivity index (χ3n) is 2.02. The fourth-order valence-electron chi connectivity index (χ4n) is 1.23. The lowest BCUT2D eigenvalue weighted by molar-refractivity contribution is -0.138. The molecule has 0 bridgehead atoms. The Hall–Kier alpha value is -2.34. The van der Waals surface area contributed by atoms with Gasteiger partial charge < -0.3 is 14.6 Å². The molecule has 1 aromatic rings. The summed E-state index contributed by atoms with van der Waals surface area (Å²) >= 11 is 5.66. The molecule has 0 heterocycles. The van der Waals surface area contributed by atoms with Crippen LogP contribution in [0.15, 0.2) is 30.4 Å². The summed E-state index contributed by atoms with van der Waals surface area (Å²) in [7, 11) is 0. The fraction of sp³-hybridized carbons (Fsp3) is 0.154. The molecule has 0 unspecified atom stereocenters. The quantitative estimate of drug-likeness (QED) is 0.508. The zero-order chi connectivity index (χ0) is 15.1. The Balaban J connectivity index is 2.81. The molecule has 0 radical (unpaired) electrons. The number of carbonyl (C=O) groups is 3. The molecule has 0 aliphatic rings. The van der Waals surface area contributed by atoms with Gasteiger partial charge in [-0.25, -0.2) is 14.4 Å². The summed E-state index contributed by atoms with van der Waals surface area (Å²) in [6, 6.07) is 3.79. The van der Waals surface area contributed by atoms with Crippen LogP contribution >= 0.6 is 11.6 Å². The average Bonchev–Trinajstić information content (AvgIpc) is 2.38. The van der Waals surface area contributed by atoms with Gasteiger partial charge in [0.25, 0.3) is 0 Å². The van der Waals surface area contributed by atoms with Crippen molar-refractivity contribution in [1.29, 1.82) is 0 Å². The van der Waals surface area contributed by atoms with E-state index >= 15 is 0 Å². The molecular weight excluding hydrogens is 288 g/mol. The molecule has 0 fully saturated rings. The Bertz CT molecular complexity index is 564. The van der Waals surface area contributed by atoms with Gasteiger partial charge in [-0.15, -0.1) is 0 Å². The molecule has 106 valence electrons. The number of carbonyl (C=O) groups excluding carboxylic acids is 2. The molecule has 20 heavy (non-hydrogen) atoms. The molecule has 0 spiro atoms. The first-order chi connectivity index (χ1) is 9.43. The van der Waals surface area contributed by atoms with Crippen molar-refractivity contribution in [3.05, 3.63) is 40.9 Å². The highest BCUT2D eigenvalue weighted by Crippen LogP contribution is 2.23. The van der Waals surface area contributed by atoms with Crippen molar-refractivity contribution in [3.8, 4) is 5.75 Å². The highest BCUT2D eigenvalue weighted by Gasteiger charge is 2.14. The number of ether oxygens (including phenoxy) is 2. The lowest BCUT2D eigenvalue weighted by Crippen LogP contribution is -2.09. The van der Waals surface area contributed by atoms with Crippen LogP contribution in [0.5, 0.6) is 5.75 Å². The normalized spacial score (nSPS) is 10.3. The van der Waals surface area contributed by atoms with E-state index in [-0.39, 0.29) is 22.9 Å². The van der Waals surface area contributed by atoms with Gasteiger partial charge in [0.15, 0.2) is 0 Å². The minimum Gasteiger partial charge on any atom is -0.478 e. The Morgan fingerprint density at radius 1 is 1.25 bits per heavy atom. The summed E-state index contributed by atoms with van der Waals surface area (Å²) in [6.07, 6.45) is 1.74. The third kappa shape index (κ3) is 4.74. The highest BCUT2D eigenvalue weighted by atomic mass is 35.5. The molecule has 0 saturated heterocycles. The van der Waals surface area contributed by atoms with Crippen molar-refractivity contribution in [2.45, 2.75) is 6.92 Å². The first-order valence-corrected chi connectivity index (χ1v) is 5.91. The molecule has 7 heteroatoms. The zero-order valence-corrected chi connectivity index (χ0v) is 11.2. The van der Waals surface area contributed by atoms with Crippen LogP contribution in [-0.4, -0.2) is 29.6 Å². The van der Waals surface area contributed by atoms with Crippen LogP contribution in [0.4, 0.5) is 0 Å². The summed E-state index contributed by atoms with van der Waals surface area (Å²) in [5, 5.41) is 9.15. The molecule has 0 aliphatic carbocycles. The minimum atomic E-state index is -1.29. The van der Waals surface area contributed by atoms with E-state index in [1.54, 1.807) is 6.92 Å². The maximum Gasteiger partial charge on any atom is 0.339 e. The molecule has 6 nitrogen and oxygen atoms in total. The van der Waals surface area contributed by atoms with Crippen molar-refractivity contribution in [2.75, 3.05) is 6.61 Å². The van der Waals surface area contributed by atoms with Crippen molar-refractivity contribution >= 4 is 29.5 Å². The topological polar surface area (TPSA) is 89.9 Å². The summed E-state index contributed by atoms with van der Waals surface area (Å²) < 4.78 is 9.39. The Morgan fingerprint density at radius 3 is 2.50 bits per heavy atom. The van der Waals surface area contributed by atoms with Gasteiger partial charge in [-0.2, -0.15) is 0 Å². The molecular formula is C13H11ClO6. The number of halogens is 1. The van der Waals surface area contributed by atoms with Crippen molar-refractivity contribution in [2.24, 2.45) is 0 Å². The number of esters is 2. The number of hydrogen-bond donors (Lipinski definition) is 1. The van der Waals surface area contributed by atoms with E-state index in [1.807, 2.05) is 0 Å². The smallest absolute Gasteiger partial charge is 0.339 e. The van der Waals surface area contributed by atoms with Gasteiger partial charge in [0.05, 0.1) is 6.61 Å². The number of hydrogen-bond acceptors (Lipinski definition) is 5. The number of rotatable bonds is 5. The number of carboxylic acids is 1. The van der Waals surface area contributed by atoms with Crippen LogP contribution in [-0.2, 0) is 14.3 Å². The fourth-order valence-corrected chi connectivity index (χ4v) is 1.40. The molecule has 0 saturated carbocycles. The Labute approximate surface area is 119 Å². The predicted octanol–water partition coefficient (Wildman–Crippen LogP) is 2.06. The van der Waals surface area contributed by atoms with Gasteiger partial charge in [-0.05, 0) is 25.1 Å². The van der Waals surface area contributed by atoms with E-state index in [4.69, 9.17) is 21.4 Å². The standard InChI is InChI=1S/C13H11ClO6/c1-2-19-11(15)5-6-12(16)20-10-4-3-8(14)7-9(10)13(17)18/h3-7H,2H2,1H3,(H,17,18)/b6-5+. The maximum absolute atomic E-state index is 11.4. The van der Waals surface area contributed by atoms with Gasteiger partial charge in [0.2, 0.25) is 0 Å². The van der Waals surface area contributed by atoms with E-state index in [0.29, 0.717) is 0 Å². The molecule has 0 aromatic heterocycles. The van der Waals surface area contributed by atoms with Crippen LogP contribution in [0.1, 0.15) is 17.3 Å². The van der Waals surface area contributed by atoms with Crippen molar-refractivity contribution < 1.29 is 29.0 Å². The summed E-state index contributed by atoms with van der Waals surface area (Å²) in [4.78, 5) is 33.4. The van der Waals surface area contributed by atoms with Crippen LogP contribution in [0, 0.1) is 0 Å². The second-order valence-electron chi connectivity index (χ2n) is 3.45. The van der Waals surface area contributed by atoms with E-state index in [0.717, 1.165) is 18.2 Å². The lowest BCUT2D eigenvalue weighted by atomic mass is 10.2. The van der Waals surface area contributed by atoms with Gasteiger partial charge in [0, 0.05) is 17.2 Å². The van der Waals surface area contributed by atoms with Crippen LogP contribution in [0.2, 0.25) is 5.02 Å². The summed E-state index contributed by atoms with van der Waals surface area (Å²) in [6.45, 7) is 1.80. The van der Waals surface area contributed by atoms with Crippen molar-refractivity contribution in [1.82, 2.24) is 0 Å². The van der Waals surface area contributed by atoms with Gasteiger partial charge in [-0.1, -0.05) is 11.6 Å². The number of aromatic carboxylic acids is 1. The Morgan fingerprint density at radius 2 is 1.90 bits per heavy atom. The zero-order valence-electron chi connectivity index (χ0n) is 10.5. The molecule has 0 amide bonds. The Kier molecular flexibility index (Phi) is 5.74. The van der Waals surface area contributed by atoms with Crippen LogP contribution in [0.3, 0.4) is 0 Å². The SMILES string of the molecule is CCOC(=O)/C=C/C(=O)Oc1ccc(Cl)cc1C(=O)O. The lowest BCUT2D eigenvalue weighted by Gasteiger charge is -2.05.